The largest absolute Gasteiger partial charge is 0.479 e. The number of carboxylic acids is 1. The lowest BCUT2D eigenvalue weighted by atomic mass is 9.30. The highest BCUT2D eigenvalue weighted by Crippen LogP contribution is 2.82. The summed E-state index contributed by atoms with van der Waals surface area (Å²) in [5, 5.41) is 145. The second-order valence-corrected chi connectivity index (χ2v) is 30.6. The van der Waals surface area contributed by atoms with E-state index in [9.17, 15) is 85.6 Å². The smallest absolute Gasteiger partial charge is 0.335 e. The van der Waals surface area contributed by atoms with Gasteiger partial charge in [0.05, 0.1) is 31.0 Å². The van der Waals surface area contributed by atoms with Crippen molar-refractivity contribution in [3.63, 3.8) is 0 Å². The molecule has 13 N–H and O–H groups in total. The molecule has 10 rings (SSSR count). The minimum Gasteiger partial charge on any atom is -0.479 e. The zero-order valence-corrected chi connectivity index (χ0v) is 56.2. The lowest BCUT2D eigenvalue weighted by molar-refractivity contribution is -0.406. The Morgan fingerprint density at radius 3 is 1.62 bits per heavy atom. The summed E-state index contributed by atoms with van der Waals surface area (Å²) >= 11 is 0. The molecule has 10 fully saturated rings. The molecule has 5 aliphatic carbocycles. The maximum atomic E-state index is 14.2. The summed E-state index contributed by atoms with van der Waals surface area (Å²) < 4.78 is 76.1. The topological polar surface area (TPSA) is 442 Å². The number of hydrogen-bond donors (Lipinski definition) is 13. The van der Waals surface area contributed by atoms with E-state index in [1.165, 1.54) is 13.8 Å². The van der Waals surface area contributed by atoms with Gasteiger partial charge in [-0.3, -0.25) is 4.79 Å². The molecule has 95 heavy (non-hydrogen) atoms. The molecule has 5 heterocycles. The highest BCUT2D eigenvalue weighted by molar-refractivity contribution is 5.89. The van der Waals surface area contributed by atoms with Crippen molar-refractivity contribution in [3.8, 4) is 0 Å². The van der Waals surface area contributed by atoms with E-state index in [0.29, 0.717) is 44.1 Å². The summed E-state index contributed by atoms with van der Waals surface area (Å²) in [5.74, 6) is -4.68. The fraction of sp³-hybridized carbons (Fsp3) is 0.879. The van der Waals surface area contributed by atoms with E-state index < -0.39 is 235 Å². The predicted molar refractivity (Wildman–Crippen MR) is 321 cm³/mol. The Labute approximate surface area is 551 Å². The van der Waals surface area contributed by atoms with Crippen molar-refractivity contribution < 1.29 is 142 Å². The number of carboxylic acid groups (broad SMARTS) is 1. The van der Waals surface area contributed by atoms with Crippen LogP contribution in [0.4, 0.5) is 0 Å². The van der Waals surface area contributed by atoms with Crippen LogP contribution in [0.5, 0.6) is 0 Å². The van der Waals surface area contributed by atoms with Gasteiger partial charge < -0.3 is 123 Å². The molecular formula is C66H102O29. The van der Waals surface area contributed by atoms with E-state index >= 15 is 0 Å². The molecule has 33 atom stereocenters. The summed E-state index contributed by atoms with van der Waals surface area (Å²) in [4.78, 5) is 55.1. The molecule has 33 unspecified atom stereocenters. The number of allylic oxidation sites excluding steroid dienone is 2. The molecule has 1 spiro atoms. The van der Waals surface area contributed by atoms with Gasteiger partial charge in [-0.1, -0.05) is 60.6 Å². The monoisotopic (exact) mass is 1360 g/mol. The van der Waals surface area contributed by atoms with E-state index in [4.69, 9.17) is 56.8 Å². The maximum absolute atomic E-state index is 14.2. The number of ether oxygens (including phenoxy) is 12. The molecular weight excluding hydrogens is 1260 g/mol. The zero-order chi connectivity index (χ0) is 70.1. The van der Waals surface area contributed by atoms with E-state index in [2.05, 4.69) is 20.8 Å². The minimum absolute atomic E-state index is 0.104. The third-order valence-electron chi connectivity index (χ3n) is 25.0. The van der Waals surface area contributed by atoms with E-state index in [1.54, 1.807) is 39.8 Å². The summed E-state index contributed by atoms with van der Waals surface area (Å²) in [6.07, 6.45) is -38.2. The number of esters is 3. The minimum atomic E-state index is -2.31. The summed E-state index contributed by atoms with van der Waals surface area (Å²) in [5.41, 5.74) is -6.04. The second kappa shape index (κ2) is 26.8. The number of aliphatic hydroxyl groups excluding tert-OH is 12. The van der Waals surface area contributed by atoms with Crippen LogP contribution in [0, 0.1) is 50.2 Å². The van der Waals surface area contributed by atoms with Crippen molar-refractivity contribution >= 4 is 23.9 Å². The number of carbonyl (C=O) groups excluding carboxylic acids is 3. The number of rotatable bonds is 16. The van der Waals surface area contributed by atoms with E-state index in [0.717, 1.165) is 0 Å². The average molecular weight is 1360 g/mol. The van der Waals surface area contributed by atoms with Crippen LogP contribution in [0.1, 0.15) is 141 Å². The lowest BCUT2D eigenvalue weighted by Crippen LogP contribution is -2.77. The van der Waals surface area contributed by atoms with Crippen molar-refractivity contribution in [2.24, 2.45) is 50.2 Å². The van der Waals surface area contributed by atoms with Crippen LogP contribution in [0.2, 0.25) is 0 Å². The van der Waals surface area contributed by atoms with Gasteiger partial charge in [-0.05, 0) is 114 Å². The third-order valence-corrected chi connectivity index (χ3v) is 25.0. The van der Waals surface area contributed by atoms with Crippen LogP contribution < -0.4 is 0 Å². The van der Waals surface area contributed by atoms with Gasteiger partial charge in [0, 0.05) is 34.8 Å². The van der Waals surface area contributed by atoms with Crippen molar-refractivity contribution in [2.75, 3.05) is 13.2 Å². The SMILES string of the molecule is CC=C(C)C(=O)OC1C(OC(=O)C(C)=CC)C23C(O)OC4(CCC5C6(C)CCC(OC7OC(C(=O)O)C(O)C(OC8OC(CO)C(O)C(O)C8OC8OC(C)C(O)C(O)C8O)C7OC7OC(CO)C(O)C(O)C7O)C(C)(C)C6CCC5(C)C4(C)CC2OC(C)=O)C3CC1(C)C. The van der Waals surface area contributed by atoms with Gasteiger partial charge >= 0.3 is 23.9 Å². The number of fused-ring (bicyclic) bond motifs is 4. The van der Waals surface area contributed by atoms with E-state index in [-0.39, 0.29) is 30.3 Å². The van der Waals surface area contributed by atoms with Gasteiger partial charge in [0.15, 0.2) is 43.7 Å². The van der Waals surface area contributed by atoms with Crippen molar-refractivity contribution in [2.45, 2.75) is 301 Å². The highest BCUT2D eigenvalue weighted by atomic mass is 16.8. The van der Waals surface area contributed by atoms with Gasteiger partial charge in [-0.15, -0.1) is 0 Å². The highest BCUT2D eigenvalue weighted by Gasteiger charge is 2.86. The number of aliphatic hydroxyl groups is 12. The molecule has 0 aromatic rings. The van der Waals surface area contributed by atoms with Gasteiger partial charge in [-0.25, -0.2) is 14.4 Å². The molecule has 2 bridgehead atoms. The molecule has 5 aliphatic heterocycles. The van der Waals surface area contributed by atoms with Crippen molar-refractivity contribution in [1.29, 1.82) is 0 Å². The first-order valence-corrected chi connectivity index (χ1v) is 33.4. The lowest BCUT2D eigenvalue weighted by Gasteiger charge is -2.75. The first-order valence-electron chi connectivity index (χ1n) is 33.4. The Balaban J connectivity index is 0.996. The van der Waals surface area contributed by atoms with Crippen LogP contribution in [-0.2, 0) is 76.0 Å². The molecule has 0 radical (unpaired) electrons. The third kappa shape index (κ3) is 11.8. The van der Waals surface area contributed by atoms with E-state index in [1.807, 2.05) is 27.7 Å². The van der Waals surface area contributed by atoms with Gasteiger partial charge in [-0.2, -0.15) is 0 Å². The average Bonchev–Trinajstić information content (AvgIpc) is 1.55. The Morgan fingerprint density at radius 1 is 0.516 bits per heavy atom. The standard InChI is InChI=1S/C66H102O29/c1-14-26(3)53(81)93-50-51(94-54(82)27(4)15-2)66-34(22-60(50,7)8)65(95-59(66)83)21-17-33-62(11)19-18-35(61(9,10)32(62)16-20-63(33,12)64(65,13)23-36(66)85-29(6)69)88-58-49(92-56-44(77)41(74)38(71)30(24-67)86-56)46(45(78)47(90-58)52(79)80)89-57-48(42(75)39(72)31(25-68)87-57)91-55-43(76)40(73)37(70)28(5)84-55/h14-15,28,30-51,55-59,67-68,70-78,83H,16-25H2,1-13H3,(H,79,80). The maximum Gasteiger partial charge on any atom is 0.335 e. The van der Waals surface area contributed by atoms with Gasteiger partial charge in [0.1, 0.15) is 103 Å². The quantitative estimate of drug-likeness (QED) is 0.0406. The predicted octanol–water partition coefficient (Wildman–Crippen LogP) is -0.366. The molecule has 0 aromatic heterocycles. The molecule has 540 valence electrons. The molecule has 0 amide bonds. The summed E-state index contributed by atoms with van der Waals surface area (Å²) in [6.45, 7) is 21.9. The van der Waals surface area contributed by atoms with Crippen LogP contribution >= 0.6 is 0 Å². The Hall–Kier alpha value is -3.48. The molecule has 10 aliphatic rings. The summed E-state index contributed by atoms with van der Waals surface area (Å²) in [7, 11) is 0. The molecule has 29 nitrogen and oxygen atoms in total. The first-order chi connectivity index (χ1) is 44.3. The molecule has 5 saturated heterocycles. The zero-order valence-electron chi connectivity index (χ0n) is 56.2. The normalized spacial score (nSPS) is 51.0. The van der Waals surface area contributed by atoms with Crippen LogP contribution in [0.3, 0.4) is 0 Å². The Bertz CT molecular complexity index is 2890. The number of hydrogen-bond acceptors (Lipinski definition) is 28. The van der Waals surface area contributed by atoms with Crippen LogP contribution in [0.15, 0.2) is 23.3 Å². The van der Waals surface area contributed by atoms with Crippen LogP contribution in [0.25, 0.3) is 0 Å². The summed E-state index contributed by atoms with van der Waals surface area (Å²) in [6, 6.07) is 0. The fourth-order valence-corrected chi connectivity index (χ4v) is 19.5. The molecule has 0 aromatic carbocycles. The Kier molecular flexibility index (Phi) is 20.9. The van der Waals surface area contributed by atoms with Crippen molar-refractivity contribution in [3.05, 3.63) is 23.3 Å². The fourth-order valence-electron chi connectivity index (χ4n) is 19.5. The van der Waals surface area contributed by atoms with Crippen molar-refractivity contribution in [1.82, 2.24) is 0 Å². The van der Waals surface area contributed by atoms with Gasteiger partial charge in [0.25, 0.3) is 0 Å². The molecule has 5 saturated carbocycles. The number of aliphatic carboxylic acids is 1. The van der Waals surface area contributed by atoms with Crippen LogP contribution in [-0.4, -0.2) is 263 Å². The number of carbonyl (C=O) groups is 4. The second-order valence-electron chi connectivity index (χ2n) is 30.6. The van der Waals surface area contributed by atoms with Gasteiger partial charge in [0.2, 0.25) is 0 Å². The molecule has 29 heteroatoms. The first kappa shape index (κ1) is 74.2. The Morgan fingerprint density at radius 2 is 1.04 bits per heavy atom.